The molecule has 0 spiro atoms. The zero-order valence-corrected chi connectivity index (χ0v) is 13.1. The maximum atomic E-state index is 11.9. The third-order valence-electron chi connectivity index (χ3n) is 3.95. The fourth-order valence-corrected chi connectivity index (χ4v) is 2.39. The molecule has 0 aliphatic rings. The summed E-state index contributed by atoms with van der Waals surface area (Å²) < 4.78 is 0. The van der Waals surface area contributed by atoms with E-state index in [1.807, 2.05) is 19.9 Å². The maximum Gasteiger partial charge on any atom is 0.187 e. The normalized spacial score (nSPS) is 12.3. The number of hydrogen-bond acceptors (Lipinski definition) is 2. The van der Waals surface area contributed by atoms with Crippen LogP contribution in [-0.4, -0.2) is 11.0 Å². The van der Waals surface area contributed by atoms with Gasteiger partial charge in [-0.15, -0.1) is 0 Å². The van der Waals surface area contributed by atoms with Crippen LogP contribution in [0.25, 0.3) is 0 Å². The van der Waals surface area contributed by atoms with E-state index in [0.29, 0.717) is 12.6 Å². The molecule has 2 N–H and O–H groups in total. The zero-order valence-electron chi connectivity index (χ0n) is 13.1. The summed E-state index contributed by atoms with van der Waals surface area (Å²) in [5, 5.41) is 3.49. The van der Waals surface area contributed by atoms with Crippen LogP contribution in [0.4, 0.5) is 0 Å². The van der Waals surface area contributed by atoms with Gasteiger partial charge < -0.3 is 10.3 Å². The monoisotopic (exact) mass is 284 g/mol. The molecule has 2 aromatic rings. The summed E-state index contributed by atoms with van der Waals surface area (Å²) in [4.78, 5) is 15.1. The van der Waals surface area contributed by atoms with Crippen LogP contribution in [0.5, 0.6) is 0 Å². The highest BCUT2D eigenvalue weighted by molar-refractivity contribution is 5.23. The van der Waals surface area contributed by atoms with Gasteiger partial charge in [0, 0.05) is 35.6 Å². The Balaban J connectivity index is 1.85. The van der Waals surface area contributed by atoms with E-state index >= 15 is 0 Å². The molecule has 112 valence electrons. The van der Waals surface area contributed by atoms with Crippen LogP contribution in [0.2, 0.25) is 0 Å². The fraction of sp³-hybridized carbons (Fsp3) is 0.389. The quantitative estimate of drug-likeness (QED) is 0.856. The van der Waals surface area contributed by atoms with Gasteiger partial charge in [-0.3, -0.25) is 4.79 Å². The molecule has 0 amide bonds. The predicted octanol–water partition coefficient (Wildman–Crippen LogP) is 3.10. The van der Waals surface area contributed by atoms with Crippen molar-refractivity contribution in [3.05, 3.63) is 69.1 Å². The lowest BCUT2D eigenvalue weighted by Crippen LogP contribution is -2.28. The number of aromatic nitrogens is 1. The molecule has 2 rings (SSSR count). The zero-order chi connectivity index (χ0) is 15.2. The van der Waals surface area contributed by atoms with Crippen molar-refractivity contribution in [2.75, 3.05) is 0 Å². The van der Waals surface area contributed by atoms with E-state index in [9.17, 15) is 4.79 Å². The summed E-state index contributed by atoms with van der Waals surface area (Å²) >= 11 is 0. The summed E-state index contributed by atoms with van der Waals surface area (Å²) in [6.45, 7) is 6.62. The van der Waals surface area contributed by atoms with Gasteiger partial charge in [0.2, 0.25) is 0 Å². The van der Waals surface area contributed by atoms with Gasteiger partial charge in [0.1, 0.15) is 0 Å². The van der Waals surface area contributed by atoms with Gasteiger partial charge in [-0.2, -0.15) is 0 Å². The molecule has 1 atom stereocenters. The highest BCUT2D eigenvalue weighted by atomic mass is 16.1. The second-order valence-corrected chi connectivity index (χ2v) is 5.71. The van der Waals surface area contributed by atoms with Crippen LogP contribution < -0.4 is 10.7 Å². The first kappa shape index (κ1) is 15.5. The van der Waals surface area contributed by atoms with Crippen LogP contribution >= 0.6 is 0 Å². The SMILES string of the molecule is Cc1c[nH]c(CN[C@@H](C)CCc2ccccc2)c(C)c1=O. The third kappa shape index (κ3) is 4.30. The van der Waals surface area contributed by atoms with Gasteiger partial charge in [-0.1, -0.05) is 30.3 Å². The van der Waals surface area contributed by atoms with Gasteiger partial charge in [0.05, 0.1) is 0 Å². The lowest BCUT2D eigenvalue weighted by molar-refractivity contribution is 0.508. The van der Waals surface area contributed by atoms with E-state index in [1.165, 1.54) is 5.56 Å². The average molecular weight is 284 g/mol. The molecule has 0 radical (unpaired) electrons. The first-order valence-electron chi connectivity index (χ1n) is 7.53. The number of pyridine rings is 1. The van der Waals surface area contributed by atoms with Crippen molar-refractivity contribution in [3.8, 4) is 0 Å². The van der Waals surface area contributed by atoms with Crippen molar-refractivity contribution in [2.24, 2.45) is 0 Å². The predicted molar refractivity (Wildman–Crippen MR) is 87.6 cm³/mol. The lowest BCUT2D eigenvalue weighted by Gasteiger charge is -2.15. The smallest absolute Gasteiger partial charge is 0.187 e. The Morgan fingerprint density at radius 1 is 1.19 bits per heavy atom. The van der Waals surface area contributed by atoms with E-state index in [2.05, 4.69) is 41.5 Å². The standard InChI is InChI=1S/C18H24N2O/c1-13-11-20-17(15(3)18(13)21)12-19-14(2)9-10-16-7-5-4-6-8-16/h4-8,11,14,19H,9-10,12H2,1-3H3,(H,20,21)/t14-/m0/s1. The highest BCUT2D eigenvalue weighted by Gasteiger charge is 2.07. The highest BCUT2D eigenvalue weighted by Crippen LogP contribution is 2.06. The Kier molecular flexibility index (Phi) is 5.34. The molecular formula is C18H24N2O. The number of nitrogens with one attached hydrogen (secondary N) is 2. The summed E-state index contributed by atoms with van der Waals surface area (Å²) in [5.74, 6) is 0. The number of aryl methyl sites for hydroxylation is 2. The summed E-state index contributed by atoms with van der Waals surface area (Å²) in [6.07, 6.45) is 3.94. The molecule has 0 aliphatic heterocycles. The topological polar surface area (TPSA) is 44.9 Å². The molecule has 1 heterocycles. The van der Waals surface area contributed by atoms with Gasteiger partial charge >= 0.3 is 0 Å². The van der Waals surface area contributed by atoms with Gasteiger partial charge in [-0.25, -0.2) is 0 Å². The molecule has 1 aromatic heterocycles. The maximum absolute atomic E-state index is 11.9. The summed E-state index contributed by atoms with van der Waals surface area (Å²) in [6, 6.07) is 10.9. The first-order chi connectivity index (χ1) is 10.1. The fourth-order valence-electron chi connectivity index (χ4n) is 2.39. The Hall–Kier alpha value is -1.87. The van der Waals surface area contributed by atoms with Crippen LogP contribution in [0.1, 0.15) is 35.7 Å². The Bertz CT molecular complexity index is 631. The third-order valence-corrected chi connectivity index (χ3v) is 3.95. The summed E-state index contributed by atoms with van der Waals surface area (Å²) in [5.41, 5.74) is 4.08. The van der Waals surface area contributed by atoms with E-state index < -0.39 is 0 Å². The number of aromatic amines is 1. The van der Waals surface area contributed by atoms with Gasteiger partial charge in [0.15, 0.2) is 5.43 Å². The van der Waals surface area contributed by atoms with Crippen molar-refractivity contribution < 1.29 is 0 Å². The number of rotatable bonds is 6. The Morgan fingerprint density at radius 2 is 1.90 bits per heavy atom. The largest absolute Gasteiger partial charge is 0.363 e. The Labute approximate surface area is 126 Å². The molecule has 0 saturated heterocycles. The molecular weight excluding hydrogens is 260 g/mol. The molecule has 0 saturated carbocycles. The minimum absolute atomic E-state index is 0.141. The molecule has 3 heteroatoms. The molecule has 0 bridgehead atoms. The van der Waals surface area contributed by atoms with Crippen LogP contribution in [0.15, 0.2) is 41.3 Å². The molecule has 0 aliphatic carbocycles. The van der Waals surface area contributed by atoms with Crippen LogP contribution in [0.3, 0.4) is 0 Å². The second kappa shape index (κ2) is 7.23. The minimum atomic E-state index is 0.141. The van der Waals surface area contributed by atoms with Crippen molar-refractivity contribution in [1.29, 1.82) is 0 Å². The number of benzene rings is 1. The molecule has 3 nitrogen and oxygen atoms in total. The Morgan fingerprint density at radius 3 is 2.62 bits per heavy atom. The summed E-state index contributed by atoms with van der Waals surface area (Å²) in [7, 11) is 0. The number of H-pyrrole nitrogens is 1. The van der Waals surface area contributed by atoms with Crippen molar-refractivity contribution in [2.45, 2.75) is 46.2 Å². The van der Waals surface area contributed by atoms with Gasteiger partial charge in [-0.05, 0) is 39.2 Å². The van der Waals surface area contributed by atoms with E-state index in [0.717, 1.165) is 29.7 Å². The minimum Gasteiger partial charge on any atom is -0.363 e. The lowest BCUT2D eigenvalue weighted by atomic mass is 10.1. The van der Waals surface area contributed by atoms with E-state index in [4.69, 9.17) is 0 Å². The van der Waals surface area contributed by atoms with Crippen LogP contribution in [-0.2, 0) is 13.0 Å². The van der Waals surface area contributed by atoms with E-state index in [1.54, 1.807) is 6.20 Å². The molecule has 0 unspecified atom stereocenters. The van der Waals surface area contributed by atoms with Gasteiger partial charge in [0.25, 0.3) is 0 Å². The van der Waals surface area contributed by atoms with Crippen molar-refractivity contribution in [1.82, 2.24) is 10.3 Å². The van der Waals surface area contributed by atoms with Crippen LogP contribution in [0, 0.1) is 13.8 Å². The average Bonchev–Trinajstić information content (AvgIpc) is 2.51. The molecule has 0 fully saturated rings. The van der Waals surface area contributed by atoms with Crippen molar-refractivity contribution in [3.63, 3.8) is 0 Å². The molecule has 1 aromatic carbocycles. The molecule has 21 heavy (non-hydrogen) atoms. The van der Waals surface area contributed by atoms with Crippen molar-refractivity contribution >= 4 is 0 Å². The first-order valence-corrected chi connectivity index (χ1v) is 7.53. The van der Waals surface area contributed by atoms with E-state index in [-0.39, 0.29) is 5.43 Å². The second-order valence-electron chi connectivity index (χ2n) is 5.71. The number of hydrogen-bond donors (Lipinski definition) is 2.